The summed E-state index contributed by atoms with van der Waals surface area (Å²) in [4.78, 5) is 25.3. The number of halogens is 2. The Labute approximate surface area is 166 Å². The fourth-order valence-corrected chi connectivity index (χ4v) is 3.22. The van der Waals surface area contributed by atoms with Gasteiger partial charge in [0, 0.05) is 50.2 Å². The van der Waals surface area contributed by atoms with Gasteiger partial charge < -0.3 is 15.1 Å². The summed E-state index contributed by atoms with van der Waals surface area (Å²) in [7, 11) is 0. The largest absolute Gasteiger partial charge is 0.353 e. The number of anilines is 3. The molecule has 0 bridgehead atoms. The number of benzene rings is 1. The Morgan fingerprint density at radius 3 is 2.48 bits per heavy atom. The lowest BCUT2D eigenvalue weighted by Gasteiger charge is -2.35. The molecule has 1 aromatic carbocycles. The Kier molecular flexibility index (Phi) is 5.33. The van der Waals surface area contributed by atoms with Crippen molar-refractivity contribution in [2.45, 2.75) is 0 Å². The zero-order valence-electron chi connectivity index (χ0n) is 15.6. The van der Waals surface area contributed by atoms with Crippen LogP contribution in [0, 0.1) is 11.6 Å². The highest BCUT2D eigenvalue weighted by Crippen LogP contribution is 2.21. The number of hydrogen-bond donors (Lipinski definition) is 1. The van der Waals surface area contributed by atoms with Crippen LogP contribution in [0.2, 0.25) is 0 Å². The van der Waals surface area contributed by atoms with Crippen molar-refractivity contribution in [2.75, 3.05) is 36.4 Å². The van der Waals surface area contributed by atoms with Gasteiger partial charge in [-0.3, -0.25) is 4.79 Å². The standard InChI is InChI=1S/C21H19F2N5O/c22-16-4-5-18(17(23)14-16)26-19-13-15(6-8-24-19)21(29)28-11-9-27(10-12-28)20-3-1-2-7-25-20/h1-8,13-14H,9-12H2,(H,24,26). The van der Waals surface area contributed by atoms with Crippen LogP contribution in [0.25, 0.3) is 0 Å². The first-order chi connectivity index (χ1) is 14.1. The highest BCUT2D eigenvalue weighted by atomic mass is 19.1. The Hall–Kier alpha value is -3.55. The van der Waals surface area contributed by atoms with Crippen LogP contribution in [0.15, 0.2) is 60.9 Å². The molecule has 6 nitrogen and oxygen atoms in total. The van der Waals surface area contributed by atoms with Gasteiger partial charge in [-0.25, -0.2) is 18.7 Å². The quantitative estimate of drug-likeness (QED) is 0.733. The van der Waals surface area contributed by atoms with Crippen molar-refractivity contribution >= 4 is 23.2 Å². The second-order valence-corrected chi connectivity index (χ2v) is 6.65. The molecule has 2 aromatic heterocycles. The summed E-state index contributed by atoms with van der Waals surface area (Å²) in [6.07, 6.45) is 3.24. The summed E-state index contributed by atoms with van der Waals surface area (Å²) in [5, 5.41) is 2.79. The van der Waals surface area contributed by atoms with Crippen molar-refractivity contribution in [1.82, 2.24) is 14.9 Å². The molecule has 0 saturated carbocycles. The minimum atomic E-state index is -0.728. The molecule has 3 heterocycles. The Morgan fingerprint density at radius 2 is 1.76 bits per heavy atom. The van der Waals surface area contributed by atoms with Gasteiger partial charge >= 0.3 is 0 Å². The van der Waals surface area contributed by atoms with Crippen molar-refractivity contribution in [2.24, 2.45) is 0 Å². The smallest absolute Gasteiger partial charge is 0.254 e. The number of carbonyl (C=O) groups excluding carboxylic acids is 1. The predicted octanol–water partition coefficient (Wildman–Crippen LogP) is 3.46. The summed E-state index contributed by atoms with van der Waals surface area (Å²) in [6.45, 7) is 2.54. The van der Waals surface area contributed by atoms with Gasteiger partial charge in [-0.2, -0.15) is 0 Å². The van der Waals surface area contributed by atoms with Crippen LogP contribution in [-0.2, 0) is 0 Å². The lowest BCUT2D eigenvalue weighted by atomic mass is 10.2. The zero-order chi connectivity index (χ0) is 20.2. The maximum Gasteiger partial charge on any atom is 0.254 e. The third kappa shape index (κ3) is 4.31. The van der Waals surface area contributed by atoms with Gasteiger partial charge in [0.1, 0.15) is 23.3 Å². The second kappa shape index (κ2) is 8.22. The van der Waals surface area contributed by atoms with Crippen LogP contribution >= 0.6 is 0 Å². The lowest BCUT2D eigenvalue weighted by molar-refractivity contribution is 0.0746. The van der Waals surface area contributed by atoms with E-state index < -0.39 is 11.6 Å². The molecule has 0 radical (unpaired) electrons. The molecule has 1 amide bonds. The van der Waals surface area contributed by atoms with E-state index in [0.29, 0.717) is 37.6 Å². The molecule has 0 aliphatic carbocycles. The van der Waals surface area contributed by atoms with Crippen LogP contribution in [-0.4, -0.2) is 47.0 Å². The monoisotopic (exact) mass is 395 g/mol. The van der Waals surface area contributed by atoms with E-state index in [4.69, 9.17) is 0 Å². The summed E-state index contributed by atoms with van der Waals surface area (Å²) in [5.41, 5.74) is 0.545. The van der Waals surface area contributed by atoms with Crippen molar-refractivity contribution in [3.63, 3.8) is 0 Å². The molecule has 29 heavy (non-hydrogen) atoms. The van der Waals surface area contributed by atoms with Gasteiger partial charge in [0.2, 0.25) is 0 Å². The molecule has 1 N–H and O–H groups in total. The van der Waals surface area contributed by atoms with Crippen LogP contribution in [0.1, 0.15) is 10.4 Å². The topological polar surface area (TPSA) is 61.4 Å². The Balaban J connectivity index is 1.42. The Morgan fingerprint density at radius 1 is 0.931 bits per heavy atom. The highest BCUT2D eigenvalue weighted by molar-refractivity contribution is 5.95. The zero-order valence-corrected chi connectivity index (χ0v) is 15.6. The van der Waals surface area contributed by atoms with Crippen molar-refractivity contribution in [3.8, 4) is 0 Å². The van der Waals surface area contributed by atoms with Gasteiger partial charge in [0.25, 0.3) is 5.91 Å². The molecular weight excluding hydrogens is 376 g/mol. The number of aromatic nitrogens is 2. The van der Waals surface area contributed by atoms with Crippen LogP contribution in [0.4, 0.5) is 26.1 Å². The van der Waals surface area contributed by atoms with Crippen LogP contribution in [0.5, 0.6) is 0 Å². The number of hydrogen-bond acceptors (Lipinski definition) is 5. The van der Waals surface area contributed by atoms with Gasteiger partial charge in [-0.15, -0.1) is 0 Å². The van der Waals surface area contributed by atoms with Gasteiger partial charge in [-0.05, 0) is 36.4 Å². The van der Waals surface area contributed by atoms with E-state index in [2.05, 4.69) is 20.2 Å². The van der Waals surface area contributed by atoms with Gasteiger partial charge in [0.05, 0.1) is 5.69 Å². The Bertz CT molecular complexity index is 1010. The third-order valence-corrected chi connectivity index (χ3v) is 4.74. The summed E-state index contributed by atoms with van der Waals surface area (Å²) < 4.78 is 26.9. The minimum absolute atomic E-state index is 0.0903. The molecular formula is C21H19F2N5O. The summed E-state index contributed by atoms with van der Waals surface area (Å²) >= 11 is 0. The molecule has 1 aliphatic heterocycles. The van der Waals surface area contributed by atoms with Crippen LogP contribution < -0.4 is 10.2 Å². The normalized spacial score (nSPS) is 14.0. The van der Waals surface area contributed by atoms with Gasteiger partial charge in [-0.1, -0.05) is 6.07 Å². The SMILES string of the molecule is O=C(c1ccnc(Nc2ccc(F)cc2F)c1)N1CCN(c2ccccn2)CC1. The average Bonchev–Trinajstić information content (AvgIpc) is 2.76. The fraction of sp³-hybridized carbons (Fsp3) is 0.190. The molecule has 8 heteroatoms. The second-order valence-electron chi connectivity index (χ2n) is 6.65. The van der Waals surface area contributed by atoms with E-state index in [1.54, 1.807) is 23.2 Å². The highest BCUT2D eigenvalue weighted by Gasteiger charge is 2.23. The van der Waals surface area contributed by atoms with E-state index in [1.165, 1.54) is 12.3 Å². The number of rotatable bonds is 4. The first-order valence-corrected chi connectivity index (χ1v) is 9.23. The van der Waals surface area contributed by atoms with E-state index in [9.17, 15) is 13.6 Å². The van der Waals surface area contributed by atoms with Crippen molar-refractivity contribution < 1.29 is 13.6 Å². The number of nitrogens with one attached hydrogen (secondary N) is 1. The first kappa shape index (κ1) is 18.8. The summed E-state index contributed by atoms with van der Waals surface area (Å²) in [5.74, 6) is -0.288. The average molecular weight is 395 g/mol. The maximum atomic E-state index is 13.8. The molecule has 1 fully saturated rings. The number of piperazine rings is 1. The predicted molar refractivity (Wildman–Crippen MR) is 106 cm³/mol. The van der Waals surface area contributed by atoms with Gasteiger partial charge in [0.15, 0.2) is 0 Å². The number of pyridine rings is 2. The molecule has 4 rings (SSSR count). The third-order valence-electron chi connectivity index (χ3n) is 4.74. The maximum absolute atomic E-state index is 13.8. The summed E-state index contributed by atoms with van der Waals surface area (Å²) in [6, 6.07) is 12.2. The van der Waals surface area contributed by atoms with E-state index in [1.807, 2.05) is 18.2 Å². The molecule has 1 saturated heterocycles. The molecule has 1 aliphatic rings. The van der Waals surface area contributed by atoms with Crippen molar-refractivity contribution in [1.29, 1.82) is 0 Å². The van der Waals surface area contributed by atoms with Crippen LogP contribution in [0.3, 0.4) is 0 Å². The number of nitrogens with zero attached hydrogens (tertiary/aromatic N) is 4. The lowest BCUT2D eigenvalue weighted by Crippen LogP contribution is -2.49. The van der Waals surface area contributed by atoms with E-state index in [-0.39, 0.29) is 11.6 Å². The molecule has 0 unspecified atom stereocenters. The molecule has 0 spiro atoms. The first-order valence-electron chi connectivity index (χ1n) is 9.23. The van der Waals surface area contributed by atoms with E-state index in [0.717, 1.165) is 18.0 Å². The fourth-order valence-electron chi connectivity index (χ4n) is 3.22. The molecule has 3 aromatic rings. The van der Waals surface area contributed by atoms with Crippen molar-refractivity contribution in [3.05, 3.63) is 78.1 Å². The number of carbonyl (C=O) groups is 1. The minimum Gasteiger partial charge on any atom is -0.353 e. The number of amides is 1. The molecule has 0 atom stereocenters. The molecule has 148 valence electrons. The van der Waals surface area contributed by atoms with E-state index >= 15 is 0 Å².